The molecule has 1 atom stereocenters. The Kier molecular flexibility index (Phi) is 5.30. The van der Waals surface area contributed by atoms with E-state index in [9.17, 15) is 14.3 Å². The van der Waals surface area contributed by atoms with E-state index in [2.05, 4.69) is 0 Å². The molecule has 0 aliphatic heterocycles. The predicted octanol–water partition coefficient (Wildman–Crippen LogP) is 1.89. The second kappa shape index (κ2) is 5.20. The van der Waals surface area contributed by atoms with Crippen LogP contribution >= 0.6 is 22.9 Å². The first-order valence-electron chi connectivity index (χ1n) is 2.57. The van der Waals surface area contributed by atoms with E-state index in [1.54, 1.807) is 0 Å². The molecule has 9 heteroatoms. The van der Waals surface area contributed by atoms with E-state index in [1.807, 2.05) is 0 Å². The zero-order valence-corrected chi connectivity index (χ0v) is 9.56. The van der Waals surface area contributed by atoms with Gasteiger partial charge in [-0.05, 0) is 0 Å². The Labute approximate surface area is 100 Å². The molecule has 1 N–H and O–H groups in total. The summed E-state index contributed by atoms with van der Waals surface area (Å²) < 4.78 is 18.9. The maximum absolute atomic E-state index is 10.4. The van der Waals surface area contributed by atoms with Crippen molar-refractivity contribution >= 4 is 39.7 Å². The topological polar surface area (TPSA) is 80.4 Å². The van der Waals surface area contributed by atoms with E-state index >= 15 is 0 Å². The second-order valence-electron chi connectivity index (χ2n) is 1.73. The maximum atomic E-state index is 10.4. The summed E-state index contributed by atoms with van der Waals surface area (Å²) in [6.07, 6.45) is 0. The molecule has 0 aromatic carbocycles. The van der Waals surface area contributed by atoms with Crippen molar-refractivity contribution in [3.05, 3.63) is 20.5 Å². The van der Waals surface area contributed by atoms with Crippen LogP contribution in [0.1, 0.15) is 0 Å². The normalized spacial score (nSPS) is 11.8. The average Bonchev–Trinajstić information content (AvgIpc) is 2.30. The van der Waals surface area contributed by atoms with Gasteiger partial charge in [-0.15, -0.1) is 11.3 Å². The Morgan fingerprint density at radius 2 is 2.23 bits per heavy atom. The minimum Gasteiger partial charge on any atom is -0.302 e. The first-order chi connectivity index (χ1) is 5.52. The van der Waals surface area contributed by atoms with Gasteiger partial charge < -0.3 is 4.55 Å². The first-order valence-corrected chi connectivity index (χ1v) is 4.87. The molecule has 13 heavy (non-hydrogen) atoms. The van der Waals surface area contributed by atoms with Crippen molar-refractivity contribution in [2.75, 3.05) is 0 Å². The van der Waals surface area contributed by atoms with E-state index in [-0.39, 0.29) is 36.6 Å². The number of nitrogens with zero attached hydrogens (tertiary/aromatic N) is 1. The minimum absolute atomic E-state index is 0. The van der Waals surface area contributed by atoms with Crippen LogP contribution in [-0.2, 0) is 33.5 Å². The molecule has 0 saturated heterocycles. The third-order valence-corrected chi connectivity index (χ3v) is 3.29. The molecule has 0 fully saturated rings. The molecule has 5 nitrogen and oxygen atoms in total. The van der Waals surface area contributed by atoms with Crippen molar-refractivity contribution in [1.82, 2.24) is 0 Å². The van der Waals surface area contributed by atoms with E-state index in [0.717, 1.165) is 17.4 Å². The van der Waals surface area contributed by atoms with Crippen LogP contribution in [0.3, 0.4) is 0 Å². The van der Waals surface area contributed by atoms with Crippen LogP contribution in [0.25, 0.3) is 0 Å². The van der Waals surface area contributed by atoms with Crippen LogP contribution in [0.15, 0.2) is 10.3 Å². The van der Waals surface area contributed by atoms with Gasteiger partial charge in [-0.1, -0.05) is 11.6 Å². The van der Waals surface area contributed by atoms with Crippen LogP contribution in [0.5, 0.6) is 0 Å². The molecule has 0 spiro atoms. The van der Waals surface area contributed by atoms with Crippen LogP contribution in [-0.4, -0.2) is 13.7 Å². The van der Waals surface area contributed by atoms with Crippen molar-refractivity contribution in [3.63, 3.8) is 0 Å². The van der Waals surface area contributed by atoms with Gasteiger partial charge >= 0.3 is 0 Å². The van der Waals surface area contributed by atoms with Crippen molar-refractivity contribution < 1.29 is 36.1 Å². The van der Waals surface area contributed by atoms with Gasteiger partial charge in [-0.3, -0.25) is 10.1 Å². The first kappa shape index (κ1) is 13.2. The van der Waals surface area contributed by atoms with Gasteiger partial charge in [0.1, 0.15) is 4.21 Å². The Hall–Kier alpha value is 0.240. The number of hydrogen-bond acceptors (Lipinski definition) is 4. The molecule has 1 unspecified atom stereocenters. The van der Waals surface area contributed by atoms with Crippen LogP contribution < -0.4 is 0 Å². The third kappa shape index (κ3) is 3.13. The zero-order chi connectivity index (χ0) is 9.30. The van der Waals surface area contributed by atoms with Crippen molar-refractivity contribution in [3.8, 4) is 0 Å². The monoisotopic (exact) mass is 334 g/mol. The van der Waals surface area contributed by atoms with Crippen LogP contribution in [0.4, 0.5) is 5.69 Å². The summed E-state index contributed by atoms with van der Waals surface area (Å²) in [4.78, 5) is 9.51. The van der Waals surface area contributed by atoms with Gasteiger partial charge in [0.25, 0.3) is 5.69 Å². The molecule has 1 aromatic rings. The third-order valence-electron chi connectivity index (χ3n) is 1.01. The molecule has 0 saturated carbocycles. The fourth-order valence-electron chi connectivity index (χ4n) is 0.549. The zero-order valence-electron chi connectivity index (χ0n) is 5.69. The van der Waals surface area contributed by atoms with E-state index in [4.69, 9.17) is 16.2 Å². The molecule has 1 aromatic heterocycles. The van der Waals surface area contributed by atoms with Crippen LogP contribution in [0.2, 0.25) is 4.34 Å². The summed E-state index contributed by atoms with van der Waals surface area (Å²) in [6.45, 7) is 0. The van der Waals surface area contributed by atoms with Gasteiger partial charge in [-0.25, -0.2) is 4.21 Å². The SMILES string of the molecule is O=[N+]([O-])c1cc(S(=O)O)sc1Cl.[Ag]. The van der Waals surface area contributed by atoms with E-state index < -0.39 is 16.0 Å². The fraction of sp³-hybridized carbons (Fsp3) is 0. The molecule has 1 rings (SSSR count). The molecular weight excluding hydrogens is 334 g/mol. The molecule has 1 heterocycles. The molecule has 0 aliphatic rings. The standard InChI is InChI=1S/C4H2ClNO4S2.Ag/c5-4-2(6(7)8)1-3(11-4)12(9)10;/h1H,(H,9,10);. The summed E-state index contributed by atoms with van der Waals surface area (Å²) in [5.41, 5.74) is -0.334. The quantitative estimate of drug-likeness (QED) is 0.387. The number of hydrogen-bond donors (Lipinski definition) is 1. The molecule has 1 radical (unpaired) electrons. The molecule has 0 aliphatic carbocycles. The minimum atomic E-state index is -2.21. The summed E-state index contributed by atoms with van der Waals surface area (Å²) in [5.74, 6) is 0. The Bertz CT molecular complexity index is 354. The van der Waals surface area contributed by atoms with Gasteiger partial charge in [0.05, 0.1) is 4.92 Å². The Morgan fingerprint density at radius 3 is 2.46 bits per heavy atom. The van der Waals surface area contributed by atoms with E-state index in [0.29, 0.717) is 0 Å². The van der Waals surface area contributed by atoms with Gasteiger partial charge in [0.15, 0.2) is 15.4 Å². The number of nitro groups is 1. The van der Waals surface area contributed by atoms with Crippen molar-refractivity contribution in [2.45, 2.75) is 4.21 Å². The Morgan fingerprint density at radius 1 is 1.69 bits per heavy atom. The summed E-state index contributed by atoms with van der Waals surface area (Å²) in [5, 5.41) is 10.2. The number of rotatable bonds is 2. The average molecular weight is 336 g/mol. The number of halogens is 1. The van der Waals surface area contributed by atoms with Crippen molar-refractivity contribution in [2.24, 2.45) is 0 Å². The summed E-state index contributed by atoms with van der Waals surface area (Å²) >= 11 is 3.93. The molecule has 0 amide bonds. The summed E-state index contributed by atoms with van der Waals surface area (Å²) in [6, 6.07) is 0.989. The smallest absolute Gasteiger partial charge is 0.300 e. The van der Waals surface area contributed by atoms with Crippen molar-refractivity contribution in [1.29, 1.82) is 0 Å². The maximum Gasteiger partial charge on any atom is 0.300 e. The van der Waals surface area contributed by atoms with Gasteiger partial charge in [0, 0.05) is 28.4 Å². The molecule has 77 valence electrons. The molecule has 0 bridgehead atoms. The van der Waals surface area contributed by atoms with Crippen LogP contribution in [0, 0.1) is 10.1 Å². The van der Waals surface area contributed by atoms with E-state index in [1.165, 1.54) is 0 Å². The van der Waals surface area contributed by atoms with Gasteiger partial charge in [-0.2, -0.15) is 0 Å². The predicted molar refractivity (Wildman–Crippen MR) is 45.0 cm³/mol. The summed E-state index contributed by atoms with van der Waals surface area (Å²) in [7, 11) is 0. The molecular formula is C4H2AgClNO4S2. The second-order valence-corrected chi connectivity index (χ2v) is 4.58. The number of thiophene rings is 1. The largest absolute Gasteiger partial charge is 0.302 e. The fourth-order valence-corrected chi connectivity index (χ4v) is 2.39. The van der Waals surface area contributed by atoms with Gasteiger partial charge in [0.2, 0.25) is 0 Å². The Balaban J connectivity index is 0.00000144.